The summed E-state index contributed by atoms with van der Waals surface area (Å²) in [5.41, 5.74) is 1.39. The zero-order valence-corrected chi connectivity index (χ0v) is 15.7. The molecule has 134 valence electrons. The van der Waals surface area contributed by atoms with Gasteiger partial charge in [-0.25, -0.2) is 12.8 Å². The fourth-order valence-corrected chi connectivity index (χ4v) is 3.69. The van der Waals surface area contributed by atoms with Gasteiger partial charge < -0.3 is 5.32 Å². The predicted molar refractivity (Wildman–Crippen MR) is 98.7 cm³/mol. The Balaban J connectivity index is 1.84. The van der Waals surface area contributed by atoms with Gasteiger partial charge in [-0.05, 0) is 36.2 Å². The van der Waals surface area contributed by atoms with E-state index in [0.29, 0.717) is 11.3 Å². The van der Waals surface area contributed by atoms with Crippen molar-refractivity contribution >= 4 is 27.5 Å². The van der Waals surface area contributed by atoms with Gasteiger partial charge in [0.15, 0.2) is 9.84 Å². The van der Waals surface area contributed by atoms with Crippen molar-refractivity contribution in [1.29, 1.82) is 0 Å². The summed E-state index contributed by atoms with van der Waals surface area (Å²) in [6.07, 6.45) is 1.15. The van der Waals surface area contributed by atoms with Crippen LogP contribution in [0.4, 0.5) is 4.39 Å². The van der Waals surface area contributed by atoms with E-state index in [1.807, 2.05) is 6.92 Å². The predicted octanol–water partition coefficient (Wildman–Crippen LogP) is 3.34. The molecule has 0 saturated carbocycles. The number of hydrogen-bond donors (Lipinski definition) is 1. The Morgan fingerprint density at radius 2 is 1.80 bits per heavy atom. The Morgan fingerprint density at radius 3 is 2.40 bits per heavy atom. The van der Waals surface area contributed by atoms with Gasteiger partial charge in [0, 0.05) is 12.0 Å². The highest BCUT2D eigenvalue weighted by molar-refractivity contribution is 7.99. The van der Waals surface area contributed by atoms with E-state index >= 15 is 0 Å². The highest BCUT2D eigenvalue weighted by atomic mass is 32.2. The maximum absolute atomic E-state index is 13.5. The van der Waals surface area contributed by atoms with Gasteiger partial charge in [0.25, 0.3) is 0 Å². The van der Waals surface area contributed by atoms with E-state index < -0.39 is 9.84 Å². The van der Waals surface area contributed by atoms with Gasteiger partial charge in [0.05, 0.1) is 16.7 Å². The Hall–Kier alpha value is -1.86. The minimum Gasteiger partial charge on any atom is -0.349 e. The monoisotopic (exact) mass is 381 g/mol. The number of halogens is 1. The van der Waals surface area contributed by atoms with Crippen molar-refractivity contribution in [3.05, 3.63) is 65.5 Å². The van der Waals surface area contributed by atoms with E-state index in [2.05, 4.69) is 5.32 Å². The van der Waals surface area contributed by atoms with Crippen LogP contribution in [0.5, 0.6) is 0 Å². The van der Waals surface area contributed by atoms with Crippen molar-refractivity contribution in [3.63, 3.8) is 0 Å². The molecule has 0 fully saturated rings. The van der Waals surface area contributed by atoms with E-state index in [1.54, 1.807) is 30.3 Å². The molecular weight excluding hydrogens is 361 g/mol. The number of thioether (sulfide) groups is 1. The second kappa shape index (κ2) is 8.49. The van der Waals surface area contributed by atoms with Crippen molar-refractivity contribution in [3.8, 4) is 0 Å². The summed E-state index contributed by atoms with van der Waals surface area (Å²) < 4.78 is 36.4. The van der Waals surface area contributed by atoms with Gasteiger partial charge >= 0.3 is 0 Å². The molecule has 1 atom stereocenters. The van der Waals surface area contributed by atoms with Gasteiger partial charge in [-0.1, -0.05) is 30.3 Å². The van der Waals surface area contributed by atoms with Gasteiger partial charge in [-0.2, -0.15) is 0 Å². The van der Waals surface area contributed by atoms with Gasteiger partial charge in [-0.3, -0.25) is 4.79 Å². The number of hydrogen-bond acceptors (Lipinski definition) is 4. The van der Waals surface area contributed by atoms with Crippen molar-refractivity contribution in [2.24, 2.45) is 0 Å². The minimum atomic E-state index is -3.23. The van der Waals surface area contributed by atoms with Crippen LogP contribution in [0.2, 0.25) is 0 Å². The Labute approximate surface area is 151 Å². The van der Waals surface area contributed by atoms with Crippen molar-refractivity contribution in [1.82, 2.24) is 5.32 Å². The van der Waals surface area contributed by atoms with Crippen LogP contribution in [-0.2, 0) is 20.4 Å². The first-order valence-corrected chi connectivity index (χ1v) is 10.7. The zero-order chi connectivity index (χ0) is 18.4. The van der Waals surface area contributed by atoms with E-state index in [-0.39, 0.29) is 28.4 Å². The second-order valence-electron chi connectivity index (χ2n) is 5.71. The summed E-state index contributed by atoms with van der Waals surface area (Å²) in [4.78, 5) is 12.3. The third kappa shape index (κ3) is 5.86. The fourth-order valence-electron chi connectivity index (χ4n) is 2.24. The topological polar surface area (TPSA) is 63.2 Å². The molecule has 2 aromatic carbocycles. The van der Waals surface area contributed by atoms with Crippen LogP contribution < -0.4 is 5.32 Å². The number of carbonyl (C=O) groups excluding carboxylic acids is 1. The number of nitrogens with one attached hydrogen (secondary N) is 1. The summed E-state index contributed by atoms with van der Waals surface area (Å²) in [5.74, 6) is 0.230. The smallest absolute Gasteiger partial charge is 0.230 e. The van der Waals surface area contributed by atoms with Gasteiger partial charge in [0.2, 0.25) is 5.91 Å². The lowest BCUT2D eigenvalue weighted by molar-refractivity contribution is -0.119. The lowest BCUT2D eigenvalue weighted by atomic mass is 10.1. The highest BCUT2D eigenvalue weighted by Crippen LogP contribution is 2.18. The van der Waals surface area contributed by atoms with E-state index in [1.165, 1.54) is 30.0 Å². The van der Waals surface area contributed by atoms with Gasteiger partial charge in [-0.15, -0.1) is 11.8 Å². The van der Waals surface area contributed by atoms with E-state index in [9.17, 15) is 17.6 Å². The number of sulfone groups is 1. The van der Waals surface area contributed by atoms with Crippen LogP contribution in [0.1, 0.15) is 24.1 Å². The Bertz CT molecular complexity index is 836. The first kappa shape index (κ1) is 19.5. The maximum Gasteiger partial charge on any atom is 0.230 e. The molecule has 0 aliphatic heterocycles. The molecule has 0 spiro atoms. The first-order chi connectivity index (χ1) is 11.8. The summed E-state index contributed by atoms with van der Waals surface area (Å²) in [6.45, 7) is 1.83. The fraction of sp³-hybridized carbons (Fsp3) is 0.278. The first-order valence-electron chi connectivity index (χ1n) is 7.68. The molecular formula is C18H20FNO3S2. The van der Waals surface area contributed by atoms with Crippen molar-refractivity contribution in [2.45, 2.75) is 23.6 Å². The molecule has 0 unspecified atom stereocenters. The molecule has 0 bridgehead atoms. The van der Waals surface area contributed by atoms with Crippen molar-refractivity contribution < 1.29 is 17.6 Å². The SMILES string of the molecule is C[C@@H](NC(=O)CSCc1ccccc1F)c1ccc(S(C)(=O)=O)cc1. The molecule has 1 N–H and O–H groups in total. The number of carbonyl (C=O) groups is 1. The molecule has 2 aromatic rings. The van der Waals surface area contributed by atoms with Crippen LogP contribution in [0.3, 0.4) is 0 Å². The maximum atomic E-state index is 13.5. The van der Waals surface area contributed by atoms with Crippen LogP contribution >= 0.6 is 11.8 Å². The molecule has 0 aliphatic carbocycles. The third-order valence-corrected chi connectivity index (χ3v) is 5.74. The van der Waals surface area contributed by atoms with Crippen LogP contribution in [0.15, 0.2) is 53.4 Å². The average molecular weight is 381 g/mol. The lowest BCUT2D eigenvalue weighted by Crippen LogP contribution is -2.28. The minimum absolute atomic E-state index is 0.152. The lowest BCUT2D eigenvalue weighted by Gasteiger charge is -2.14. The average Bonchev–Trinajstić information content (AvgIpc) is 2.56. The van der Waals surface area contributed by atoms with Crippen LogP contribution in [-0.4, -0.2) is 26.3 Å². The van der Waals surface area contributed by atoms with E-state index in [4.69, 9.17) is 0 Å². The third-order valence-electron chi connectivity index (χ3n) is 3.63. The summed E-state index contributed by atoms with van der Waals surface area (Å²) in [6, 6.07) is 12.7. The molecule has 0 aromatic heterocycles. The second-order valence-corrected chi connectivity index (χ2v) is 8.72. The molecule has 25 heavy (non-hydrogen) atoms. The number of rotatable bonds is 7. The molecule has 1 amide bonds. The molecule has 4 nitrogen and oxygen atoms in total. The summed E-state index contributed by atoms with van der Waals surface area (Å²) >= 11 is 1.34. The molecule has 2 rings (SSSR count). The van der Waals surface area contributed by atoms with Crippen molar-refractivity contribution in [2.75, 3.05) is 12.0 Å². The highest BCUT2D eigenvalue weighted by Gasteiger charge is 2.12. The van der Waals surface area contributed by atoms with E-state index in [0.717, 1.165) is 11.8 Å². The zero-order valence-electron chi connectivity index (χ0n) is 14.0. The standard InChI is InChI=1S/C18H20FNO3S2/c1-13(14-7-9-16(10-8-14)25(2,22)23)20-18(21)12-24-11-15-5-3-4-6-17(15)19/h3-10,13H,11-12H2,1-2H3,(H,20,21)/t13-/m1/s1. The summed E-state index contributed by atoms with van der Waals surface area (Å²) in [7, 11) is -3.23. The molecule has 0 saturated heterocycles. The van der Waals surface area contributed by atoms with Gasteiger partial charge in [0.1, 0.15) is 5.82 Å². The Kier molecular flexibility index (Phi) is 6.61. The number of benzene rings is 2. The molecule has 7 heteroatoms. The van der Waals surface area contributed by atoms with Crippen LogP contribution in [0.25, 0.3) is 0 Å². The molecule has 0 aliphatic rings. The van der Waals surface area contributed by atoms with Crippen LogP contribution in [0, 0.1) is 5.82 Å². The molecule has 0 heterocycles. The summed E-state index contributed by atoms with van der Waals surface area (Å²) in [5, 5.41) is 2.85. The Morgan fingerprint density at radius 1 is 1.16 bits per heavy atom. The normalized spacial score (nSPS) is 12.6. The quantitative estimate of drug-likeness (QED) is 0.799. The number of amides is 1. The molecule has 0 radical (unpaired) electrons. The largest absolute Gasteiger partial charge is 0.349 e.